The number of nitrogens with zero attached hydrogens (tertiary/aromatic N) is 5. The number of hydrogen-bond donors (Lipinski definition) is 1. The van der Waals surface area contributed by atoms with Crippen molar-refractivity contribution in [3.05, 3.63) is 42.5 Å². The summed E-state index contributed by atoms with van der Waals surface area (Å²) in [4.78, 5) is 4.15. The molecule has 0 bridgehead atoms. The van der Waals surface area contributed by atoms with Crippen LogP contribution in [0, 0.1) is 29.6 Å². The molecule has 0 spiro atoms. The van der Waals surface area contributed by atoms with Crippen molar-refractivity contribution in [2.24, 2.45) is 5.10 Å². The standard InChI is InChI=1S/C13H10N6/c1-10-8-19(9-16-10)13-4-2-11(3-5-13)17-18-12(6-14)7-15/h2-5,8-9,17H,1H3. The van der Waals surface area contributed by atoms with E-state index >= 15 is 0 Å². The molecule has 1 heterocycles. The summed E-state index contributed by atoms with van der Waals surface area (Å²) in [5.74, 6) is 0. The highest BCUT2D eigenvalue weighted by Crippen LogP contribution is 2.13. The van der Waals surface area contributed by atoms with Crippen LogP contribution in [0.1, 0.15) is 5.69 Å². The number of hydrogen-bond acceptors (Lipinski definition) is 5. The monoisotopic (exact) mass is 250 g/mol. The maximum Gasteiger partial charge on any atom is 0.237 e. The van der Waals surface area contributed by atoms with Crippen LogP contribution in [0.5, 0.6) is 0 Å². The van der Waals surface area contributed by atoms with E-state index in [-0.39, 0.29) is 5.71 Å². The summed E-state index contributed by atoms with van der Waals surface area (Å²) in [5.41, 5.74) is 5.05. The first-order chi connectivity index (χ1) is 9.22. The molecule has 1 aromatic carbocycles. The van der Waals surface area contributed by atoms with Gasteiger partial charge >= 0.3 is 0 Å². The van der Waals surface area contributed by atoms with Crippen LogP contribution in [0.2, 0.25) is 0 Å². The van der Waals surface area contributed by atoms with Gasteiger partial charge in [-0.25, -0.2) is 4.98 Å². The molecule has 6 nitrogen and oxygen atoms in total. The van der Waals surface area contributed by atoms with Gasteiger partial charge in [0.25, 0.3) is 0 Å². The number of imidazole rings is 1. The molecule has 0 aliphatic heterocycles. The molecule has 2 rings (SSSR count). The topological polar surface area (TPSA) is 89.8 Å². The number of nitriles is 2. The van der Waals surface area contributed by atoms with Crippen molar-refractivity contribution in [3.8, 4) is 17.8 Å². The summed E-state index contributed by atoms with van der Waals surface area (Å²) in [5, 5.41) is 20.8. The van der Waals surface area contributed by atoms with Gasteiger partial charge in [0.2, 0.25) is 5.71 Å². The number of aryl methyl sites for hydroxylation is 1. The average molecular weight is 250 g/mol. The number of hydrazone groups is 1. The van der Waals surface area contributed by atoms with Gasteiger partial charge in [-0.2, -0.15) is 15.6 Å². The van der Waals surface area contributed by atoms with Gasteiger partial charge in [0.15, 0.2) is 0 Å². The van der Waals surface area contributed by atoms with E-state index < -0.39 is 0 Å². The fourth-order valence-corrected chi connectivity index (χ4v) is 1.47. The van der Waals surface area contributed by atoms with Crippen LogP contribution in [0.15, 0.2) is 41.9 Å². The number of anilines is 1. The summed E-state index contributed by atoms with van der Waals surface area (Å²) < 4.78 is 1.90. The van der Waals surface area contributed by atoms with Gasteiger partial charge in [0.1, 0.15) is 12.1 Å². The normalized spacial score (nSPS) is 9.21. The summed E-state index contributed by atoms with van der Waals surface area (Å²) in [6, 6.07) is 10.7. The van der Waals surface area contributed by atoms with Crippen LogP contribution in [-0.4, -0.2) is 15.3 Å². The first-order valence-electron chi connectivity index (χ1n) is 5.48. The van der Waals surface area contributed by atoms with E-state index in [1.807, 2.05) is 29.8 Å². The molecule has 19 heavy (non-hydrogen) atoms. The molecule has 0 fully saturated rings. The number of aromatic nitrogens is 2. The van der Waals surface area contributed by atoms with Gasteiger partial charge < -0.3 is 4.57 Å². The van der Waals surface area contributed by atoms with Crippen molar-refractivity contribution in [3.63, 3.8) is 0 Å². The molecule has 2 aromatic rings. The predicted molar refractivity (Wildman–Crippen MR) is 70.6 cm³/mol. The van der Waals surface area contributed by atoms with E-state index in [0.29, 0.717) is 5.69 Å². The van der Waals surface area contributed by atoms with Crippen LogP contribution in [0.4, 0.5) is 5.69 Å². The SMILES string of the molecule is Cc1cn(-c2ccc(NN=C(C#N)C#N)cc2)cn1. The summed E-state index contributed by atoms with van der Waals surface area (Å²) >= 11 is 0. The molecule has 92 valence electrons. The molecule has 0 atom stereocenters. The van der Waals surface area contributed by atoms with Gasteiger partial charge in [-0.05, 0) is 31.2 Å². The molecule has 0 aliphatic carbocycles. The van der Waals surface area contributed by atoms with Crippen molar-refractivity contribution in [2.75, 3.05) is 5.43 Å². The van der Waals surface area contributed by atoms with Gasteiger partial charge in [-0.1, -0.05) is 0 Å². The maximum atomic E-state index is 8.55. The van der Waals surface area contributed by atoms with Crippen molar-refractivity contribution >= 4 is 11.4 Å². The second-order valence-electron chi connectivity index (χ2n) is 3.77. The van der Waals surface area contributed by atoms with Crippen molar-refractivity contribution in [1.29, 1.82) is 10.5 Å². The Balaban J connectivity index is 2.14. The minimum absolute atomic E-state index is 0.214. The third-order valence-electron chi connectivity index (χ3n) is 2.39. The first-order valence-corrected chi connectivity index (χ1v) is 5.48. The van der Waals surface area contributed by atoms with Crippen LogP contribution < -0.4 is 5.43 Å². The largest absolute Gasteiger partial charge is 0.306 e. The highest BCUT2D eigenvalue weighted by atomic mass is 15.3. The Hall–Kier alpha value is -3.12. The first kappa shape index (κ1) is 12.3. The summed E-state index contributed by atoms with van der Waals surface area (Å²) in [7, 11) is 0. The van der Waals surface area contributed by atoms with Gasteiger partial charge in [-0.15, -0.1) is 0 Å². The Kier molecular flexibility index (Phi) is 3.56. The second kappa shape index (κ2) is 5.48. The van der Waals surface area contributed by atoms with Crippen molar-refractivity contribution in [1.82, 2.24) is 9.55 Å². The highest BCUT2D eigenvalue weighted by Gasteiger charge is 1.98. The van der Waals surface area contributed by atoms with Gasteiger partial charge in [-0.3, -0.25) is 5.43 Å². The van der Waals surface area contributed by atoms with Crippen molar-refractivity contribution < 1.29 is 0 Å². The lowest BCUT2D eigenvalue weighted by Crippen LogP contribution is -1.96. The smallest absolute Gasteiger partial charge is 0.237 e. The fourth-order valence-electron chi connectivity index (χ4n) is 1.47. The zero-order valence-electron chi connectivity index (χ0n) is 10.2. The fraction of sp³-hybridized carbons (Fsp3) is 0.0769. The van der Waals surface area contributed by atoms with E-state index in [2.05, 4.69) is 15.5 Å². The molecule has 0 unspecified atom stereocenters. The Bertz CT molecular complexity index is 665. The summed E-state index contributed by atoms with van der Waals surface area (Å²) in [6.07, 6.45) is 3.66. The molecular weight excluding hydrogens is 240 g/mol. The zero-order chi connectivity index (χ0) is 13.7. The number of rotatable bonds is 3. The van der Waals surface area contributed by atoms with E-state index in [4.69, 9.17) is 10.5 Å². The van der Waals surface area contributed by atoms with Crippen LogP contribution in [0.25, 0.3) is 5.69 Å². The average Bonchev–Trinajstić information content (AvgIpc) is 2.87. The van der Waals surface area contributed by atoms with Gasteiger partial charge in [0, 0.05) is 11.9 Å². The predicted octanol–water partition coefficient (Wildman–Crippen LogP) is 2.00. The molecule has 0 radical (unpaired) electrons. The molecule has 1 aromatic heterocycles. The zero-order valence-corrected chi connectivity index (χ0v) is 10.2. The van der Waals surface area contributed by atoms with Crippen LogP contribution in [0.3, 0.4) is 0 Å². The van der Waals surface area contributed by atoms with E-state index in [1.165, 1.54) is 0 Å². The molecule has 0 amide bonds. The van der Waals surface area contributed by atoms with Crippen LogP contribution in [-0.2, 0) is 0 Å². The lowest BCUT2D eigenvalue weighted by Gasteiger charge is -2.03. The quantitative estimate of drug-likeness (QED) is 0.666. The van der Waals surface area contributed by atoms with E-state index in [9.17, 15) is 0 Å². The molecule has 1 N–H and O–H groups in total. The molecule has 6 heteroatoms. The van der Waals surface area contributed by atoms with Gasteiger partial charge in [0.05, 0.1) is 17.7 Å². The minimum atomic E-state index is -0.214. The minimum Gasteiger partial charge on any atom is -0.306 e. The Morgan fingerprint density at radius 2 is 1.95 bits per heavy atom. The molecule has 0 aliphatic rings. The Morgan fingerprint density at radius 3 is 2.47 bits per heavy atom. The maximum absolute atomic E-state index is 8.55. The Labute approximate surface area is 110 Å². The number of benzene rings is 1. The molecular formula is C13H10N6. The third-order valence-corrected chi connectivity index (χ3v) is 2.39. The second-order valence-corrected chi connectivity index (χ2v) is 3.77. The molecule has 0 saturated carbocycles. The highest BCUT2D eigenvalue weighted by molar-refractivity contribution is 6.10. The van der Waals surface area contributed by atoms with E-state index in [0.717, 1.165) is 11.4 Å². The van der Waals surface area contributed by atoms with Crippen molar-refractivity contribution in [2.45, 2.75) is 6.92 Å². The summed E-state index contributed by atoms with van der Waals surface area (Å²) in [6.45, 7) is 1.92. The van der Waals surface area contributed by atoms with E-state index in [1.54, 1.807) is 30.6 Å². The molecule has 0 saturated heterocycles. The number of nitrogens with one attached hydrogen (secondary N) is 1. The Morgan fingerprint density at radius 1 is 1.26 bits per heavy atom. The van der Waals surface area contributed by atoms with Crippen LogP contribution >= 0.6 is 0 Å². The third kappa shape index (κ3) is 2.96. The lowest BCUT2D eigenvalue weighted by atomic mass is 10.3. The lowest BCUT2D eigenvalue weighted by molar-refractivity contribution is 1.06.